The van der Waals surface area contributed by atoms with E-state index in [0.717, 1.165) is 5.76 Å². The number of halogens is 1. The number of nitrogen functional groups attached to an aromatic ring is 1. The number of hydrogen-bond donors (Lipinski definition) is 2. The summed E-state index contributed by atoms with van der Waals surface area (Å²) in [5, 5.41) is 0.144. The standard InChI is InChI=1S/C10H8ClN5O/c11-9-13-6(4-5-2-1-3-17-5)7-8(15-9)16-10(12)14-7/h1-3H,4H2,(H3,12,13,14,15,16). The molecule has 0 amide bonds. The second-order valence-electron chi connectivity index (χ2n) is 3.52. The largest absolute Gasteiger partial charge is 0.469 e. The minimum atomic E-state index is 0.144. The number of aromatic amines is 1. The first-order chi connectivity index (χ1) is 8.22. The van der Waals surface area contributed by atoms with E-state index in [1.165, 1.54) is 0 Å². The fraction of sp³-hybridized carbons (Fsp3) is 0.100. The van der Waals surface area contributed by atoms with Gasteiger partial charge in [0.2, 0.25) is 5.28 Å². The van der Waals surface area contributed by atoms with Gasteiger partial charge >= 0.3 is 0 Å². The summed E-state index contributed by atoms with van der Waals surface area (Å²) in [5.41, 5.74) is 7.44. The van der Waals surface area contributed by atoms with Crippen molar-refractivity contribution in [3.05, 3.63) is 35.1 Å². The van der Waals surface area contributed by atoms with Gasteiger partial charge in [-0.05, 0) is 23.7 Å². The summed E-state index contributed by atoms with van der Waals surface area (Å²) in [6.07, 6.45) is 2.12. The molecule has 0 spiro atoms. The lowest BCUT2D eigenvalue weighted by Gasteiger charge is -1.99. The van der Waals surface area contributed by atoms with Gasteiger partial charge in [-0.3, -0.25) is 0 Å². The van der Waals surface area contributed by atoms with Gasteiger partial charge in [0.15, 0.2) is 11.6 Å². The van der Waals surface area contributed by atoms with Crippen molar-refractivity contribution >= 4 is 28.7 Å². The second-order valence-corrected chi connectivity index (χ2v) is 3.85. The summed E-state index contributed by atoms with van der Waals surface area (Å²) in [6.45, 7) is 0. The Morgan fingerprint density at radius 1 is 1.35 bits per heavy atom. The molecule has 6 nitrogen and oxygen atoms in total. The number of nitrogens with zero attached hydrogens (tertiary/aromatic N) is 3. The SMILES string of the molecule is Nc1nc2nc(Cl)nc(Cc3ccco3)c2[nH]1. The number of imidazole rings is 1. The first kappa shape index (κ1) is 10.1. The highest BCUT2D eigenvalue weighted by molar-refractivity contribution is 6.28. The molecular weight excluding hydrogens is 242 g/mol. The third kappa shape index (κ3) is 1.83. The van der Waals surface area contributed by atoms with Crippen LogP contribution >= 0.6 is 11.6 Å². The van der Waals surface area contributed by atoms with Crippen molar-refractivity contribution in [2.45, 2.75) is 6.42 Å². The zero-order valence-electron chi connectivity index (χ0n) is 8.64. The van der Waals surface area contributed by atoms with Gasteiger partial charge in [-0.15, -0.1) is 0 Å². The van der Waals surface area contributed by atoms with Crippen molar-refractivity contribution in [1.82, 2.24) is 19.9 Å². The monoisotopic (exact) mass is 249 g/mol. The number of anilines is 1. The highest BCUT2D eigenvalue weighted by Gasteiger charge is 2.12. The summed E-state index contributed by atoms with van der Waals surface area (Å²) >= 11 is 5.83. The minimum Gasteiger partial charge on any atom is -0.469 e. The maximum atomic E-state index is 5.83. The van der Waals surface area contributed by atoms with E-state index in [4.69, 9.17) is 21.8 Å². The predicted molar refractivity (Wildman–Crippen MR) is 62.6 cm³/mol. The predicted octanol–water partition coefficient (Wildman–Crippen LogP) is 1.77. The topological polar surface area (TPSA) is 93.6 Å². The average molecular weight is 250 g/mol. The van der Waals surface area contributed by atoms with Crippen molar-refractivity contribution < 1.29 is 4.42 Å². The van der Waals surface area contributed by atoms with Gasteiger partial charge in [0.05, 0.1) is 18.4 Å². The van der Waals surface area contributed by atoms with Gasteiger partial charge in [-0.2, -0.15) is 9.97 Å². The second kappa shape index (κ2) is 3.74. The molecule has 0 saturated heterocycles. The fourth-order valence-electron chi connectivity index (χ4n) is 1.65. The molecule has 0 unspecified atom stereocenters. The van der Waals surface area contributed by atoms with E-state index in [9.17, 15) is 0 Å². The molecule has 3 N–H and O–H groups in total. The van der Waals surface area contributed by atoms with Crippen molar-refractivity contribution in [2.24, 2.45) is 0 Å². The first-order valence-corrected chi connectivity index (χ1v) is 5.30. The van der Waals surface area contributed by atoms with E-state index in [2.05, 4.69) is 19.9 Å². The number of rotatable bonds is 2. The maximum Gasteiger partial charge on any atom is 0.224 e. The van der Waals surface area contributed by atoms with E-state index in [1.54, 1.807) is 6.26 Å². The number of nitrogens with two attached hydrogens (primary N) is 1. The Bertz CT molecular complexity index is 661. The van der Waals surface area contributed by atoms with Crippen LogP contribution in [0.2, 0.25) is 5.28 Å². The highest BCUT2D eigenvalue weighted by Crippen LogP contribution is 2.19. The molecule has 3 rings (SSSR count). The molecule has 0 aromatic carbocycles. The number of H-pyrrole nitrogens is 1. The molecule has 0 aliphatic rings. The zero-order chi connectivity index (χ0) is 11.8. The molecule has 7 heteroatoms. The van der Waals surface area contributed by atoms with Crippen molar-refractivity contribution in [1.29, 1.82) is 0 Å². The Labute approximate surface area is 101 Å². The summed E-state index contributed by atoms with van der Waals surface area (Å²) < 4.78 is 5.26. The molecule has 0 aliphatic heterocycles. The number of hydrogen-bond acceptors (Lipinski definition) is 5. The summed E-state index contributed by atoms with van der Waals surface area (Å²) in [6, 6.07) is 3.68. The molecule has 0 fully saturated rings. The molecule has 0 saturated carbocycles. The number of nitrogens with one attached hydrogen (secondary N) is 1. The normalized spacial score (nSPS) is 11.1. The van der Waals surface area contributed by atoms with Crippen LogP contribution in [0.5, 0.6) is 0 Å². The van der Waals surface area contributed by atoms with Crippen LogP contribution in [0.3, 0.4) is 0 Å². The third-order valence-corrected chi connectivity index (χ3v) is 2.51. The van der Waals surface area contributed by atoms with E-state index < -0.39 is 0 Å². The molecule has 3 aromatic rings. The molecule has 0 bridgehead atoms. The molecule has 0 atom stereocenters. The lowest BCUT2D eigenvalue weighted by atomic mass is 10.2. The molecule has 0 radical (unpaired) electrons. The van der Waals surface area contributed by atoms with E-state index in [1.807, 2.05) is 12.1 Å². The van der Waals surface area contributed by atoms with Crippen LogP contribution in [0.25, 0.3) is 11.2 Å². The Balaban J connectivity index is 2.14. The zero-order valence-corrected chi connectivity index (χ0v) is 9.40. The summed E-state index contributed by atoms with van der Waals surface area (Å²) in [4.78, 5) is 15.1. The Hall–Kier alpha value is -2.08. The van der Waals surface area contributed by atoms with Crippen molar-refractivity contribution in [3.63, 3.8) is 0 Å². The number of aromatic nitrogens is 4. The van der Waals surface area contributed by atoms with Gasteiger partial charge in [0, 0.05) is 0 Å². The third-order valence-electron chi connectivity index (χ3n) is 2.34. The number of furan rings is 1. The van der Waals surface area contributed by atoms with Crippen molar-refractivity contribution in [2.75, 3.05) is 5.73 Å². The summed E-state index contributed by atoms with van der Waals surface area (Å²) in [5.74, 6) is 1.08. The molecule has 3 aromatic heterocycles. The molecular formula is C10H8ClN5O. The van der Waals surface area contributed by atoms with Crippen molar-refractivity contribution in [3.8, 4) is 0 Å². The van der Waals surface area contributed by atoms with Gasteiger partial charge < -0.3 is 15.1 Å². The van der Waals surface area contributed by atoms with Gasteiger partial charge in [0.1, 0.15) is 11.3 Å². The van der Waals surface area contributed by atoms with Crippen LogP contribution in [-0.2, 0) is 6.42 Å². The lowest BCUT2D eigenvalue weighted by Crippen LogP contribution is -1.96. The molecule has 86 valence electrons. The smallest absolute Gasteiger partial charge is 0.224 e. The van der Waals surface area contributed by atoms with E-state index in [0.29, 0.717) is 23.3 Å². The average Bonchev–Trinajstić information content (AvgIpc) is 2.86. The Kier molecular flexibility index (Phi) is 2.22. The van der Waals surface area contributed by atoms with Gasteiger partial charge in [0.25, 0.3) is 0 Å². The van der Waals surface area contributed by atoms with Crippen LogP contribution < -0.4 is 5.73 Å². The summed E-state index contributed by atoms with van der Waals surface area (Å²) in [7, 11) is 0. The highest BCUT2D eigenvalue weighted by atomic mass is 35.5. The van der Waals surface area contributed by atoms with E-state index >= 15 is 0 Å². The Morgan fingerprint density at radius 3 is 3.00 bits per heavy atom. The molecule has 3 heterocycles. The van der Waals surface area contributed by atoms with E-state index in [-0.39, 0.29) is 11.2 Å². The van der Waals surface area contributed by atoms with Crippen LogP contribution in [0.4, 0.5) is 5.95 Å². The number of fused-ring (bicyclic) bond motifs is 1. The molecule has 17 heavy (non-hydrogen) atoms. The van der Waals surface area contributed by atoms with Crippen LogP contribution in [-0.4, -0.2) is 19.9 Å². The lowest BCUT2D eigenvalue weighted by molar-refractivity contribution is 0.519. The quantitative estimate of drug-likeness (QED) is 0.675. The van der Waals surface area contributed by atoms with Crippen LogP contribution in [0, 0.1) is 0 Å². The Morgan fingerprint density at radius 2 is 2.24 bits per heavy atom. The van der Waals surface area contributed by atoms with Gasteiger partial charge in [-0.1, -0.05) is 0 Å². The van der Waals surface area contributed by atoms with Crippen LogP contribution in [0.15, 0.2) is 22.8 Å². The first-order valence-electron chi connectivity index (χ1n) is 4.92. The minimum absolute atomic E-state index is 0.144. The van der Waals surface area contributed by atoms with Crippen LogP contribution in [0.1, 0.15) is 11.5 Å². The maximum absolute atomic E-state index is 5.83. The van der Waals surface area contributed by atoms with Gasteiger partial charge in [-0.25, -0.2) is 4.98 Å². The fourth-order valence-corrected chi connectivity index (χ4v) is 1.83. The molecule has 0 aliphatic carbocycles.